The van der Waals surface area contributed by atoms with Gasteiger partial charge < -0.3 is 14.9 Å². The van der Waals surface area contributed by atoms with Gasteiger partial charge in [0.2, 0.25) is 0 Å². The van der Waals surface area contributed by atoms with Crippen molar-refractivity contribution in [3.05, 3.63) is 23.2 Å². The molecule has 8 atom stereocenters. The Kier molecular flexibility index (Phi) is 4.90. The van der Waals surface area contributed by atoms with E-state index in [0.717, 1.165) is 48.0 Å². The van der Waals surface area contributed by atoms with E-state index in [2.05, 4.69) is 12.0 Å². The molecule has 4 saturated carbocycles. The van der Waals surface area contributed by atoms with Crippen LogP contribution in [0.2, 0.25) is 5.02 Å². The predicted octanol–water partition coefficient (Wildman–Crippen LogP) is 5.84. The molecular weight excluding hydrogens is 420 g/mol. The molecule has 1 aromatic carbocycles. The summed E-state index contributed by atoms with van der Waals surface area (Å²) in [5, 5.41) is 15.8. The number of Topliss-reactive ketones (excluding diaryl/α,β-unsaturated/α-hetero) is 1. The van der Waals surface area contributed by atoms with E-state index >= 15 is 0 Å². The Hall–Kier alpha value is -1.26. The second kappa shape index (κ2) is 7.37. The normalized spacial score (nSPS) is 43.6. The molecule has 4 fully saturated rings. The monoisotopic (exact) mass is 455 g/mol. The molecule has 4 aliphatic rings. The van der Waals surface area contributed by atoms with Crippen molar-refractivity contribution in [3.8, 4) is 0 Å². The SMILES string of the molecule is C[C@@]1(O)CC[C@H]2[C@H](CC[C@@H]3[C@@H]2CC[C@]2(C)[C@@H](C(=O)Cn4[n-]c5cccc(Cl)c54)CC[C@@H]32)C1. The number of hydrogen-bond donors (Lipinski definition) is 1. The van der Waals surface area contributed by atoms with Crippen molar-refractivity contribution in [2.45, 2.75) is 83.8 Å². The van der Waals surface area contributed by atoms with Crippen LogP contribution < -0.4 is 5.10 Å². The molecule has 5 heteroatoms. The maximum atomic E-state index is 13.5. The highest BCUT2D eigenvalue weighted by molar-refractivity contribution is 6.35. The molecular formula is C27H36ClN2O2-. The second-order valence-corrected chi connectivity index (χ2v) is 12.5. The highest BCUT2D eigenvalue weighted by atomic mass is 35.5. The molecule has 1 heterocycles. The van der Waals surface area contributed by atoms with E-state index in [1.54, 1.807) is 0 Å². The van der Waals surface area contributed by atoms with Gasteiger partial charge in [0.25, 0.3) is 0 Å². The first-order chi connectivity index (χ1) is 15.3. The molecule has 6 rings (SSSR count). The average Bonchev–Trinajstić information content (AvgIpc) is 3.08. The molecule has 1 aromatic heterocycles. The minimum atomic E-state index is -0.453. The van der Waals surface area contributed by atoms with Gasteiger partial charge >= 0.3 is 0 Å². The molecule has 2 aromatic rings. The Bertz CT molecular complexity index is 1040. The molecule has 4 aliphatic carbocycles. The van der Waals surface area contributed by atoms with E-state index in [4.69, 9.17) is 11.6 Å². The topological polar surface area (TPSA) is 56.3 Å². The van der Waals surface area contributed by atoms with Crippen LogP contribution in [-0.2, 0) is 11.3 Å². The third-order valence-corrected chi connectivity index (χ3v) is 10.7. The van der Waals surface area contributed by atoms with Crippen molar-refractivity contribution in [3.63, 3.8) is 0 Å². The van der Waals surface area contributed by atoms with E-state index in [-0.39, 0.29) is 11.3 Å². The standard InChI is InChI=1S/C27H36ClN2O2/c1-26(32)12-10-17-16(14-26)6-7-19-18(17)11-13-27(2)20(19)8-9-21(27)24(31)15-30-25-22(28)4-3-5-23(25)29-30/h3-5,16-21,32H,6-15H2,1-2H3/q-1/t16-,17+,18-,19-,20+,21-,26-,27+/m1/s1. The van der Waals surface area contributed by atoms with Gasteiger partial charge in [-0.3, -0.25) is 4.79 Å². The van der Waals surface area contributed by atoms with Gasteiger partial charge in [0.05, 0.1) is 17.2 Å². The minimum absolute atomic E-state index is 0.138. The molecule has 0 amide bonds. The number of nitrogens with zero attached hydrogens (tertiary/aromatic N) is 2. The third-order valence-electron chi connectivity index (χ3n) is 10.4. The lowest BCUT2D eigenvalue weighted by Crippen LogP contribution is -2.51. The molecule has 1 N–H and O–H groups in total. The molecule has 32 heavy (non-hydrogen) atoms. The summed E-state index contributed by atoms with van der Waals surface area (Å²) in [6.45, 7) is 4.82. The van der Waals surface area contributed by atoms with Crippen LogP contribution in [0.1, 0.15) is 71.6 Å². The number of hydrogen-bond acceptors (Lipinski definition) is 2. The second-order valence-electron chi connectivity index (χ2n) is 12.1. The van der Waals surface area contributed by atoms with Gasteiger partial charge in [0, 0.05) is 11.4 Å². The summed E-state index contributed by atoms with van der Waals surface area (Å²) in [6.07, 6.45) is 10.4. The summed E-state index contributed by atoms with van der Waals surface area (Å²) in [4.78, 5) is 13.5. The smallest absolute Gasteiger partial charge is 0.154 e. The van der Waals surface area contributed by atoms with Crippen molar-refractivity contribution in [1.82, 2.24) is 9.78 Å². The lowest BCUT2D eigenvalue weighted by molar-refractivity contribution is -0.133. The van der Waals surface area contributed by atoms with Crippen molar-refractivity contribution < 1.29 is 9.90 Å². The number of ketones is 1. The number of carbonyl (C=O) groups excluding carboxylic acids is 1. The molecule has 174 valence electrons. The van der Waals surface area contributed by atoms with E-state index in [0.29, 0.717) is 29.2 Å². The van der Waals surface area contributed by atoms with Crippen molar-refractivity contribution in [1.29, 1.82) is 0 Å². The summed E-state index contributed by atoms with van der Waals surface area (Å²) in [7, 11) is 0. The zero-order valence-corrected chi connectivity index (χ0v) is 20.2. The molecule has 0 aliphatic heterocycles. The maximum Gasteiger partial charge on any atom is 0.154 e. The Morgan fingerprint density at radius 3 is 2.72 bits per heavy atom. The fourth-order valence-corrected chi connectivity index (χ4v) is 9.23. The van der Waals surface area contributed by atoms with Crippen molar-refractivity contribution in [2.75, 3.05) is 0 Å². The Balaban J connectivity index is 1.19. The van der Waals surface area contributed by atoms with Gasteiger partial charge in [-0.15, -0.1) is 0 Å². The lowest BCUT2D eigenvalue weighted by atomic mass is 9.49. The van der Waals surface area contributed by atoms with Crippen LogP contribution in [0.15, 0.2) is 18.2 Å². The quantitative estimate of drug-likeness (QED) is 0.632. The third kappa shape index (κ3) is 3.15. The zero-order chi connectivity index (χ0) is 22.3. The van der Waals surface area contributed by atoms with Crippen molar-refractivity contribution >= 4 is 28.4 Å². The number of fused-ring (bicyclic) bond motifs is 6. The largest absolute Gasteiger partial charge is 0.593 e. The number of carbonyl (C=O) groups is 1. The first-order valence-electron chi connectivity index (χ1n) is 12.8. The van der Waals surface area contributed by atoms with Gasteiger partial charge in [-0.2, -0.15) is 0 Å². The molecule has 0 radical (unpaired) electrons. The molecule has 4 nitrogen and oxygen atoms in total. The van der Waals surface area contributed by atoms with Crippen LogP contribution in [0.3, 0.4) is 0 Å². The highest BCUT2D eigenvalue weighted by Gasteiger charge is 2.58. The first kappa shape index (κ1) is 21.3. The van der Waals surface area contributed by atoms with Gasteiger partial charge in [-0.05, 0) is 106 Å². The fraction of sp³-hybridized carbons (Fsp3) is 0.741. The van der Waals surface area contributed by atoms with Crippen LogP contribution in [-0.4, -0.2) is 21.2 Å². The Morgan fingerprint density at radius 2 is 1.91 bits per heavy atom. The van der Waals surface area contributed by atoms with Crippen LogP contribution in [0.5, 0.6) is 0 Å². The van der Waals surface area contributed by atoms with Crippen LogP contribution in [0.25, 0.3) is 11.0 Å². The average molecular weight is 456 g/mol. The van der Waals surface area contributed by atoms with Crippen LogP contribution in [0.4, 0.5) is 0 Å². The van der Waals surface area contributed by atoms with E-state index in [1.165, 1.54) is 38.5 Å². The molecule has 0 unspecified atom stereocenters. The van der Waals surface area contributed by atoms with Gasteiger partial charge in [0.1, 0.15) is 0 Å². The summed E-state index contributed by atoms with van der Waals surface area (Å²) >= 11 is 6.36. The van der Waals surface area contributed by atoms with Crippen molar-refractivity contribution in [2.24, 2.45) is 40.9 Å². The number of benzene rings is 1. The molecule has 0 spiro atoms. The van der Waals surface area contributed by atoms with E-state index < -0.39 is 5.60 Å². The Morgan fingerprint density at radius 1 is 1.09 bits per heavy atom. The number of rotatable bonds is 3. The van der Waals surface area contributed by atoms with Gasteiger partial charge in [-0.25, -0.2) is 0 Å². The maximum absolute atomic E-state index is 13.5. The van der Waals surface area contributed by atoms with Gasteiger partial charge in [0.15, 0.2) is 5.78 Å². The predicted molar refractivity (Wildman–Crippen MR) is 126 cm³/mol. The summed E-state index contributed by atoms with van der Waals surface area (Å²) < 4.78 is 1.82. The fourth-order valence-electron chi connectivity index (χ4n) is 8.96. The van der Waals surface area contributed by atoms with Gasteiger partial charge in [-0.1, -0.05) is 36.2 Å². The first-order valence-corrected chi connectivity index (χ1v) is 13.2. The molecule has 0 bridgehead atoms. The highest BCUT2D eigenvalue weighted by Crippen LogP contribution is 2.64. The van der Waals surface area contributed by atoms with Crippen LogP contribution in [0, 0.1) is 40.9 Å². The van der Waals surface area contributed by atoms with Crippen LogP contribution >= 0.6 is 11.6 Å². The minimum Gasteiger partial charge on any atom is -0.593 e. The number of halogens is 1. The summed E-state index contributed by atoms with van der Waals surface area (Å²) in [5.74, 6) is 4.29. The molecule has 0 saturated heterocycles. The number of aromatic nitrogens is 2. The summed E-state index contributed by atoms with van der Waals surface area (Å²) in [6, 6.07) is 5.74. The number of aliphatic hydroxyl groups is 1. The number of para-hydroxylation sites is 1. The zero-order valence-electron chi connectivity index (χ0n) is 19.4. The summed E-state index contributed by atoms with van der Waals surface area (Å²) in [5.41, 5.74) is 1.49. The lowest BCUT2D eigenvalue weighted by Gasteiger charge is -2.57. The Labute approximate surface area is 196 Å². The van der Waals surface area contributed by atoms with E-state index in [1.807, 2.05) is 29.8 Å². The van der Waals surface area contributed by atoms with E-state index in [9.17, 15) is 9.90 Å².